The van der Waals surface area contributed by atoms with Crippen molar-refractivity contribution in [3.05, 3.63) is 59.3 Å². The van der Waals surface area contributed by atoms with Crippen LogP contribution in [-0.2, 0) is 0 Å². The molecule has 0 amide bonds. The van der Waals surface area contributed by atoms with E-state index in [1.165, 1.54) is 0 Å². The third kappa shape index (κ3) is 2.23. The molecule has 3 aromatic heterocycles. The third-order valence-electron chi connectivity index (χ3n) is 3.10. The summed E-state index contributed by atoms with van der Waals surface area (Å²) in [4.78, 5) is 4.46. The predicted octanol–water partition coefficient (Wildman–Crippen LogP) is 3.81. The maximum Gasteiger partial charge on any atom is 0.268 e. The standard InChI is InChI=1S/C15H9BrN4O/c16-11-6-4-10(5-7-11)14-18-19-15(21-14)12-9-20-8-2-1-3-13(20)17-12/h1-9H. The molecule has 3 heterocycles. The molecule has 0 bridgehead atoms. The van der Waals surface area contributed by atoms with E-state index in [0.29, 0.717) is 17.5 Å². The van der Waals surface area contributed by atoms with Gasteiger partial charge in [-0.2, -0.15) is 0 Å². The second kappa shape index (κ2) is 4.82. The molecule has 6 heteroatoms. The number of halogens is 1. The highest BCUT2D eigenvalue weighted by Gasteiger charge is 2.13. The van der Waals surface area contributed by atoms with E-state index < -0.39 is 0 Å². The van der Waals surface area contributed by atoms with Crippen LogP contribution in [0.2, 0.25) is 0 Å². The van der Waals surface area contributed by atoms with E-state index in [4.69, 9.17) is 4.42 Å². The molecule has 0 saturated heterocycles. The zero-order valence-electron chi connectivity index (χ0n) is 10.8. The highest BCUT2D eigenvalue weighted by Crippen LogP contribution is 2.24. The first-order valence-electron chi connectivity index (χ1n) is 6.33. The Morgan fingerprint density at radius 1 is 0.952 bits per heavy atom. The molecule has 0 radical (unpaired) electrons. The van der Waals surface area contributed by atoms with Crippen molar-refractivity contribution in [2.75, 3.05) is 0 Å². The Morgan fingerprint density at radius 3 is 2.57 bits per heavy atom. The number of fused-ring (bicyclic) bond motifs is 1. The lowest BCUT2D eigenvalue weighted by Gasteiger charge is -1.93. The SMILES string of the molecule is Brc1ccc(-c2nnc(-c3cn4ccccc4n3)o2)cc1. The molecule has 0 aliphatic carbocycles. The highest BCUT2D eigenvalue weighted by molar-refractivity contribution is 9.10. The Balaban J connectivity index is 1.75. The maximum absolute atomic E-state index is 5.71. The smallest absolute Gasteiger partial charge is 0.268 e. The second-order valence-corrected chi connectivity index (χ2v) is 5.43. The highest BCUT2D eigenvalue weighted by atomic mass is 79.9. The first kappa shape index (κ1) is 12.3. The monoisotopic (exact) mass is 340 g/mol. The zero-order chi connectivity index (χ0) is 14.2. The normalized spacial score (nSPS) is 11.1. The molecule has 0 fully saturated rings. The molecule has 102 valence electrons. The minimum absolute atomic E-state index is 0.414. The van der Waals surface area contributed by atoms with Crippen LogP contribution in [0.3, 0.4) is 0 Å². The molecule has 0 spiro atoms. The summed E-state index contributed by atoms with van der Waals surface area (Å²) in [6.07, 6.45) is 3.80. The molecule has 0 unspecified atom stereocenters. The van der Waals surface area contributed by atoms with E-state index in [1.807, 2.05) is 59.3 Å². The summed E-state index contributed by atoms with van der Waals surface area (Å²) >= 11 is 3.40. The van der Waals surface area contributed by atoms with Crippen LogP contribution in [0, 0.1) is 0 Å². The lowest BCUT2D eigenvalue weighted by Crippen LogP contribution is -1.77. The van der Waals surface area contributed by atoms with Gasteiger partial charge >= 0.3 is 0 Å². The second-order valence-electron chi connectivity index (χ2n) is 4.51. The first-order valence-corrected chi connectivity index (χ1v) is 7.12. The fourth-order valence-corrected chi connectivity index (χ4v) is 2.34. The van der Waals surface area contributed by atoms with Crippen molar-refractivity contribution >= 4 is 21.6 Å². The van der Waals surface area contributed by atoms with Crippen LogP contribution in [0.5, 0.6) is 0 Å². The van der Waals surface area contributed by atoms with Crippen LogP contribution in [0.4, 0.5) is 0 Å². The van der Waals surface area contributed by atoms with Gasteiger partial charge in [-0.3, -0.25) is 0 Å². The van der Waals surface area contributed by atoms with E-state index in [9.17, 15) is 0 Å². The lowest BCUT2D eigenvalue weighted by molar-refractivity contribution is 0.582. The van der Waals surface area contributed by atoms with Gasteiger partial charge in [0, 0.05) is 22.4 Å². The summed E-state index contributed by atoms with van der Waals surface area (Å²) in [5.41, 5.74) is 2.38. The Labute approximate surface area is 128 Å². The molecule has 0 aliphatic heterocycles. The number of benzene rings is 1. The minimum atomic E-state index is 0.414. The number of hydrogen-bond acceptors (Lipinski definition) is 4. The van der Waals surface area contributed by atoms with Gasteiger partial charge in [0.15, 0.2) is 0 Å². The number of hydrogen-bond donors (Lipinski definition) is 0. The van der Waals surface area contributed by atoms with Crippen LogP contribution in [0.15, 0.2) is 63.7 Å². The van der Waals surface area contributed by atoms with E-state index in [0.717, 1.165) is 15.7 Å². The molecular formula is C15H9BrN4O. The van der Waals surface area contributed by atoms with Crippen molar-refractivity contribution in [1.82, 2.24) is 19.6 Å². The molecule has 5 nitrogen and oxygen atoms in total. The van der Waals surface area contributed by atoms with Gasteiger partial charge in [-0.25, -0.2) is 4.98 Å². The van der Waals surface area contributed by atoms with Crippen LogP contribution in [0.25, 0.3) is 28.7 Å². The molecular weight excluding hydrogens is 332 g/mol. The number of aromatic nitrogens is 4. The van der Waals surface area contributed by atoms with Crippen molar-refractivity contribution in [2.24, 2.45) is 0 Å². The van der Waals surface area contributed by atoms with Gasteiger partial charge in [0.1, 0.15) is 11.3 Å². The quantitative estimate of drug-likeness (QED) is 0.556. The molecule has 1 aromatic carbocycles. The van der Waals surface area contributed by atoms with Crippen molar-refractivity contribution in [3.8, 4) is 23.0 Å². The van der Waals surface area contributed by atoms with Gasteiger partial charge in [-0.15, -0.1) is 10.2 Å². The number of pyridine rings is 1. The van der Waals surface area contributed by atoms with Gasteiger partial charge in [-0.05, 0) is 36.4 Å². The molecule has 0 N–H and O–H groups in total. The van der Waals surface area contributed by atoms with Crippen molar-refractivity contribution < 1.29 is 4.42 Å². The molecule has 0 saturated carbocycles. The fraction of sp³-hybridized carbons (Fsp3) is 0. The van der Waals surface area contributed by atoms with Crippen LogP contribution in [-0.4, -0.2) is 19.6 Å². The maximum atomic E-state index is 5.71. The third-order valence-corrected chi connectivity index (χ3v) is 3.63. The van der Waals surface area contributed by atoms with Gasteiger partial charge < -0.3 is 8.82 Å². The van der Waals surface area contributed by atoms with E-state index >= 15 is 0 Å². The van der Waals surface area contributed by atoms with E-state index in [-0.39, 0.29) is 0 Å². The fourth-order valence-electron chi connectivity index (χ4n) is 2.07. The molecule has 0 atom stereocenters. The Hall–Kier alpha value is -2.47. The van der Waals surface area contributed by atoms with E-state index in [2.05, 4.69) is 31.1 Å². The molecule has 4 rings (SSSR count). The van der Waals surface area contributed by atoms with Gasteiger partial charge in [-0.1, -0.05) is 22.0 Å². The number of imidazole rings is 1. The largest absolute Gasteiger partial charge is 0.415 e. The lowest BCUT2D eigenvalue weighted by atomic mass is 10.2. The Kier molecular flexibility index (Phi) is 2.82. The molecule has 21 heavy (non-hydrogen) atoms. The van der Waals surface area contributed by atoms with Crippen molar-refractivity contribution in [3.63, 3.8) is 0 Å². The van der Waals surface area contributed by atoms with Crippen molar-refractivity contribution in [2.45, 2.75) is 0 Å². The Bertz CT molecular complexity index is 878. The molecule has 0 aliphatic rings. The van der Waals surface area contributed by atoms with Gasteiger partial charge in [0.05, 0.1) is 0 Å². The average molecular weight is 341 g/mol. The number of nitrogens with zero attached hydrogens (tertiary/aromatic N) is 4. The summed E-state index contributed by atoms with van der Waals surface area (Å²) < 4.78 is 8.63. The summed E-state index contributed by atoms with van der Waals surface area (Å²) in [6, 6.07) is 13.5. The summed E-state index contributed by atoms with van der Waals surface area (Å²) in [5, 5.41) is 8.16. The predicted molar refractivity (Wildman–Crippen MR) is 81.6 cm³/mol. The van der Waals surface area contributed by atoms with Crippen molar-refractivity contribution in [1.29, 1.82) is 0 Å². The Morgan fingerprint density at radius 2 is 1.76 bits per heavy atom. The summed E-state index contributed by atoms with van der Waals surface area (Å²) in [7, 11) is 0. The van der Waals surface area contributed by atoms with Crippen LogP contribution in [0.1, 0.15) is 0 Å². The molecule has 4 aromatic rings. The number of rotatable bonds is 2. The van der Waals surface area contributed by atoms with Crippen LogP contribution < -0.4 is 0 Å². The minimum Gasteiger partial charge on any atom is -0.415 e. The first-order chi connectivity index (χ1) is 10.3. The summed E-state index contributed by atoms with van der Waals surface area (Å²) in [6.45, 7) is 0. The average Bonchev–Trinajstić information content (AvgIpc) is 3.14. The van der Waals surface area contributed by atoms with Crippen LogP contribution >= 0.6 is 15.9 Å². The van der Waals surface area contributed by atoms with Gasteiger partial charge in [0.2, 0.25) is 5.89 Å². The topological polar surface area (TPSA) is 56.2 Å². The summed E-state index contributed by atoms with van der Waals surface area (Å²) in [5.74, 6) is 0.895. The zero-order valence-corrected chi connectivity index (χ0v) is 12.4. The van der Waals surface area contributed by atoms with E-state index in [1.54, 1.807) is 0 Å². The van der Waals surface area contributed by atoms with Gasteiger partial charge in [0.25, 0.3) is 5.89 Å².